The monoisotopic (exact) mass is 274 g/mol. The van der Waals surface area contributed by atoms with Crippen LogP contribution in [0.4, 0.5) is 5.69 Å². The van der Waals surface area contributed by atoms with E-state index >= 15 is 0 Å². The molecular formula is C14H18N4O2. The second kappa shape index (κ2) is 6.18. The maximum atomic E-state index is 12.0. The Hall–Kier alpha value is -2.37. The fraction of sp³-hybridized carbons (Fsp3) is 0.357. The molecule has 0 saturated carbocycles. The number of rotatable bonds is 5. The van der Waals surface area contributed by atoms with Crippen LogP contribution >= 0.6 is 0 Å². The average molecular weight is 274 g/mol. The number of carbonyl (C=O) groups is 1. The van der Waals surface area contributed by atoms with Crippen molar-refractivity contribution in [2.75, 3.05) is 18.9 Å². The predicted molar refractivity (Wildman–Crippen MR) is 75.8 cm³/mol. The van der Waals surface area contributed by atoms with Crippen molar-refractivity contribution in [1.82, 2.24) is 15.5 Å². The Kier molecular flexibility index (Phi) is 4.34. The zero-order valence-corrected chi connectivity index (χ0v) is 11.9. The van der Waals surface area contributed by atoms with E-state index in [0.29, 0.717) is 30.2 Å². The zero-order valence-electron chi connectivity index (χ0n) is 11.9. The van der Waals surface area contributed by atoms with Gasteiger partial charge in [0.15, 0.2) is 5.82 Å². The van der Waals surface area contributed by atoms with Gasteiger partial charge in [0.25, 0.3) is 5.91 Å². The minimum absolute atomic E-state index is 0.105. The smallest absolute Gasteiger partial charge is 0.251 e. The predicted octanol–water partition coefficient (Wildman–Crippen LogP) is 1.70. The number of hydrogen-bond donors (Lipinski definition) is 2. The summed E-state index contributed by atoms with van der Waals surface area (Å²) in [6, 6.07) is 5.55. The Morgan fingerprint density at radius 3 is 2.75 bits per heavy atom. The lowest BCUT2D eigenvalue weighted by atomic mass is 10.1. The van der Waals surface area contributed by atoms with Gasteiger partial charge in [-0.25, -0.2) is 0 Å². The summed E-state index contributed by atoms with van der Waals surface area (Å²) in [5.41, 5.74) is 2.69. The highest BCUT2D eigenvalue weighted by Gasteiger charge is 2.08. The van der Waals surface area contributed by atoms with Crippen molar-refractivity contribution in [1.29, 1.82) is 0 Å². The number of benzene rings is 1. The number of carbonyl (C=O) groups excluding carboxylic acids is 1. The second-order valence-corrected chi connectivity index (χ2v) is 4.52. The molecule has 106 valence electrons. The number of hydrogen-bond acceptors (Lipinski definition) is 5. The van der Waals surface area contributed by atoms with Gasteiger partial charge in [-0.1, -0.05) is 5.16 Å². The molecule has 0 spiro atoms. The first-order valence-corrected chi connectivity index (χ1v) is 6.46. The molecule has 0 atom stereocenters. The van der Waals surface area contributed by atoms with Gasteiger partial charge in [0.1, 0.15) is 0 Å². The van der Waals surface area contributed by atoms with Gasteiger partial charge in [0.2, 0.25) is 5.89 Å². The summed E-state index contributed by atoms with van der Waals surface area (Å²) in [5.74, 6) is 1.03. The lowest BCUT2D eigenvalue weighted by Gasteiger charge is -2.08. The van der Waals surface area contributed by atoms with E-state index < -0.39 is 0 Å². The van der Waals surface area contributed by atoms with Crippen LogP contribution in [0.15, 0.2) is 22.7 Å². The highest BCUT2D eigenvalue weighted by Crippen LogP contribution is 2.15. The Bertz CT molecular complexity index is 607. The number of amides is 1. The molecule has 1 amide bonds. The van der Waals surface area contributed by atoms with Gasteiger partial charge in [0.05, 0.1) is 0 Å². The van der Waals surface area contributed by atoms with E-state index in [0.717, 1.165) is 11.3 Å². The largest absolute Gasteiger partial charge is 0.388 e. The topological polar surface area (TPSA) is 80.0 Å². The van der Waals surface area contributed by atoms with Crippen LogP contribution in [0.2, 0.25) is 0 Å². The first kappa shape index (κ1) is 14.0. The molecule has 20 heavy (non-hydrogen) atoms. The van der Waals surface area contributed by atoms with Crippen LogP contribution in [-0.4, -0.2) is 29.6 Å². The van der Waals surface area contributed by atoms with Crippen molar-refractivity contribution < 1.29 is 9.32 Å². The fourth-order valence-electron chi connectivity index (χ4n) is 1.91. The second-order valence-electron chi connectivity index (χ2n) is 4.52. The summed E-state index contributed by atoms with van der Waals surface area (Å²) in [4.78, 5) is 16.1. The molecule has 0 aliphatic carbocycles. The minimum Gasteiger partial charge on any atom is -0.388 e. The van der Waals surface area contributed by atoms with Gasteiger partial charge < -0.3 is 15.2 Å². The lowest BCUT2D eigenvalue weighted by Crippen LogP contribution is -2.25. The van der Waals surface area contributed by atoms with E-state index in [-0.39, 0.29) is 5.91 Å². The van der Waals surface area contributed by atoms with E-state index in [9.17, 15) is 4.79 Å². The summed E-state index contributed by atoms with van der Waals surface area (Å²) >= 11 is 0. The minimum atomic E-state index is -0.105. The van der Waals surface area contributed by atoms with Gasteiger partial charge >= 0.3 is 0 Å². The molecule has 0 unspecified atom stereocenters. The number of aryl methyl sites for hydroxylation is 2. The van der Waals surface area contributed by atoms with Crippen LogP contribution in [0.3, 0.4) is 0 Å². The molecule has 0 bridgehead atoms. The van der Waals surface area contributed by atoms with Crippen LogP contribution in [0.5, 0.6) is 0 Å². The van der Waals surface area contributed by atoms with Crippen molar-refractivity contribution in [3.8, 4) is 0 Å². The van der Waals surface area contributed by atoms with Gasteiger partial charge in [0, 0.05) is 31.3 Å². The average Bonchev–Trinajstić information content (AvgIpc) is 2.84. The number of aromatic nitrogens is 2. The van der Waals surface area contributed by atoms with E-state index in [1.807, 2.05) is 26.1 Å². The Labute approximate surface area is 117 Å². The molecule has 2 N–H and O–H groups in total. The third-order valence-electron chi connectivity index (χ3n) is 2.95. The standard InChI is InChI=1S/C14H18N4O2/c1-9-8-11(4-5-12(9)15-3)14(19)16-7-6-13-17-10(2)18-20-13/h4-5,8,15H,6-7H2,1-3H3,(H,16,19). The van der Waals surface area contributed by atoms with Crippen molar-refractivity contribution in [3.63, 3.8) is 0 Å². The normalized spacial score (nSPS) is 10.3. The molecule has 6 heteroatoms. The maximum absolute atomic E-state index is 12.0. The van der Waals surface area contributed by atoms with E-state index in [1.165, 1.54) is 0 Å². The highest BCUT2D eigenvalue weighted by molar-refractivity contribution is 5.94. The first-order chi connectivity index (χ1) is 9.60. The molecular weight excluding hydrogens is 256 g/mol. The van der Waals surface area contributed by atoms with Gasteiger partial charge in [-0.05, 0) is 37.6 Å². The molecule has 1 heterocycles. The summed E-state index contributed by atoms with van der Waals surface area (Å²) in [6.45, 7) is 4.19. The SMILES string of the molecule is CNc1ccc(C(=O)NCCc2nc(C)no2)cc1C. The van der Waals surface area contributed by atoms with Gasteiger partial charge in [-0.2, -0.15) is 4.98 Å². The third-order valence-corrected chi connectivity index (χ3v) is 2.95. The zero-order chi connectivity index (χ0) is 14.5. The summed E-state index contributed by atoms with van der Waals surface area (Å²) in [6.07, 6.45) is 0.528. The maximum Gasteiger partial charge on any atom is 0.251 e. The van der Waals surface area contributed by atoms with E-state index in [4.69, 9.17) is 4.52 Å². The first-order valence-electron chi connectivity index (χ1n) is 6.46. The van der Waals surface area contributed by atoms with Crippen LogP contribution in [0.25, 0.3) is 0 Å². The highest BCUT2D eigenvalue weighted by atomic mass is 16.5. The molecule has 0 saturated heterocycles. The molecule has 1 aromatic heterocycles. The molecule has 2 rings (SSSR count). The van der Waals surface area contributed by atoms with Crippen LogP contribution in [0.1, 0.15) is 27.6 Å². The molecule has 0 aliphatic heterocycles. The van der Waals surface area contributed by atoms with Crippen LogP contribution in [0, 0.1) is 13.8 Å². The van der Waals surface area contributed by atoms with Gasteiger partial charge in [-0.3, -0.25) is 4.79 Å². The van der Waals surface area contributed by atoms with Crippen molar-refractivity contribution in [3.05, 3.63) is 41.0 Å². The summed E-state index contributed by atoms with van der Waals surface area (Å²) < 4.78 is 4.98. The Morgan fingerprint density at radius 1 is 1.35 bits per heavy atom. The molecule has 6 nitrogen and oxygen atoms in total. The molecule has 0 radical (unpaired) electrons. The molecule has 2 aromatic rings. The fourth-order valence-corrected chi connectivity index (χ4v) is 1.91. The van der Waals surface area contributed by atoms with Crippen LogP contribution < -0.4 is 10.6 Å². The number of anilines is 1. The lowest BCUT2D eigenvalue weighted by molar-refractivity contribution is 0.0953. The third kappa shape index (κ3) is 3.34. The molecule has 0 fully saturated rings. The van der Waals surface area contributed by atoms with Crippen LogP contribution in [-0.2, 0) is 6.42 Å². The molecule has 0 aliphatic rings. The number of nitrogens with one attached hydrogen (secondary N) is 2. The van der Waals surface area contributed by atoms with Crippen molar-refractivity contribution in [2.45, 2.75) is 20.3 Å². The number of nitrogens with zero attached hydrogens (tertiary/aromatic N) is 2. The summed E-state index contributed by atoms with van der Waals surface area (Å²) in [5, 5.41) is 9.60. The summed E-state index contributed by atoms with van der Waals surface area (Å²) in [7, 11) is 1.86. The van der Waals surface area contributed by atoms with Crippen molar-refractivity contribution in [2.24, 2.45) is 0 Å². The van der Waals surface area contributed by atoms with E-state index in [2.05, 4.69) is 20.8 Å². The van der Waals surface area contributed by atoms with E-state index in [1.54, 1.807) is 13.0 Å². The molecule has 1 aromatic carbocycles. The Morgan fingerprint density at radius 2 is 2.15 bits per heavy atom. The van der Waals surface area contributed by atoms with Gasteiger partial charge in [-0.15, -0.1) is 0 Å². The quantitative estimate of drug-likeness (QED) is 0.867. The van der Waals surface area contributed by atoms with Crippen molar-refractivity contribution >= 4 is 11.6 Å². The Balaban J connectivity index is 1.90.